The van der Waals surface area contributed by atoms with E-state index in [0.29, 0.717) is 22.9 Å². The highest BCUT2D eigenvalue weighted by Gasteiger charge is 2.21. The van der Waals surface area contributed by atoms with Gasteiger partial charge in [-0.3, -0.25) is 9.56 Å². The first-order chi connectivity index (χ1) is 12.8. The fourth-order valence-corrected chi connectivity index (χ4v) is 2.89. The maximum Gasteiger partial charge on any atom is 0.159 e. The zero-order valence-corrected chi connectivity index (χ0v) is 13.2. The average molecular weight is 358 g/mol. The van der Waals surface area contributed by atoms with Gasteiger partial charge >= 0.3 is 0 Å². The molecule has 0 amide bonds. The van der Waals surface area contributed by atoms with Crippen molar-refractivity contribution in [3.63, 3.8) is 0 Å². The Morgan fingerprint density at radius 2 is 2.00 bits per heavy atom. The highest BCUT2D eigenvalue weighted by molar-refractivity contribution is 9.10. The van der Waals surface area contributed by atoms with Gasteiger partial charge in [-0.05, 0) is 25.1 Å². The van der Waals surface area contributed by atoms with Crippen molar-refractivity contribution in [2.24, 2.45) is 4.99 Å². The summed E-state index contributed by atoms with van der Waals surface area (Å²) in [6, 6.07) is 3.81. The van der Waals surface area contributed by atoms with Crippen LogP contribution in [-0.2, 0) is 6.54 Å². The predicted octanol–water partition coefficient (Wildman–Crippen LogP) is 3.69. The summed E-state index contributed by atoms with van der Waals surface area (Å²) in [5, 5.41) is 8.26. The van der Waals surface area contributed by atoms with Gasteiger partial charge in [0.05, 0.1) is 18.3 Å². The maximum atomic E-state index is 8.30. The number of aromatic nitrogens is 3. The summed E-state index contributed by atoms with van der Waals surface area (Å²) in [6.45, 7) is 2.02. The Balaban J connectivity index is 2.08. The van der Waals surface area contributed by atoms with Crippen LogP contribution in [0.3, 0.4) is 0 Å². The van der Waals surface area contributed by atoms with Crippen LogP contribution in [0.25, 0.3) is 5.69 Å². The summed E-state index contributed by atoms with van der Waals surface area (Å²) >= 11 is 3.45. The molecule has 1 aromatic heterocycles. The van der Waals surface area contributed by atoms with Gasteiger partial charge in [-0.25, -0.2) is 0 Å². The van der Waals surface area contributed by atoms with Gasteiger partial charge in [0.15, 0.2) is 5.82 Å². The largest absolute Gasteiger partial charge is 0.281 e. The van der Waals surface area contributed by atoms with Crippen LogP contribution in [0.15, 0.2) is 57.9 Å². The van der Waals surface area contributed by atoms with Crippen molar-refractivity contribution in [3.8, 4) is 5.69 Å². The summed E-state index contributed by atoms with van der Waals surface area (Å²) in [5.74, 6) is 1.31. The molecule has 22 heavy (non-hydrogen) atoms. The number of benzene rings is 2. The van der Waals surface area contributed by atoms with Crippen LogP contribution < -0.4 is 0 Å². The monoisotopic (exact) mass is 357 g/mol. The fourth-order valence-electron chi connectivity index (χ4n) is 2.53. The number of fused-ring (bicyclic) bond motifs is 3. The quantitative estimate of drug-likeness (QED) is 0.666. The molecule has 0 aliphatic carbocycles. The van der Waals surface area contributed by atoms with Crippen molar-refractivity contribution in [1.82, 2.24) is 14.8 Å². The molecule has 4 rings (SSSR count). The predicted molar refractivity (Wildman–Crippen MR) is 89.6 cm³/mol. The lowest BCUT2D eigenvalue weighted by molar-refractivity contribution is 0.861. The topological polar surface area (TPSA) is 43.1 Å². The number of halogens is 1. The van der Waals surface area contributed by atoms with Gasteiger partial charge in [-0.2, -0.15) is 0 Å². The van der Waals surface area contributed by atoms with Crippen LogP contribution in [0, 0.1) is 6.92 Å². The zero-order valence-electron chi connectivity index (χ0n) is 16.6. The molecule has 0 radical (unpaired) electrons. The molecule has 0 saturated carbocycles. The van der Waals surface area contributed by atoms with Gasteiger partial charge in [0.25, 0.3) is 0 Å². The third-order valence-electron chi connectivity index (χ3n) is 3.46. The Morgan fingerprint density at radius 1 is 1.18 bits per heavy atom. The van der Waals surface area contributed by atoms with Crippen molar-refractivity contribution in [2.45, 2.75) is 13.5 Å². The molecule has 0 saturated heterocycles. The lowest BCUT2D eigenvalue weighted by Gasteiger charge is -2.13. The highest BCUT2D eigenvalue weighted by atomic mass is 79.9. The fraction of sp³-hybridized carbons (Fsp3) is 0.118. The average Bonchev–Trinajstić information content (AvgIpc) is 2.93. The summed E-state index contributed by atoms with van der Waals surface area (Å²) in [6.07, 6.45) is 0. The van der Waals surface area contributed by atoms with Crippen molar-refractivity contribution in [1.29, 1.82) is 0 Å². The summed E-state index contributed by atoms with van der Waals surface area (Å²) < 4.78 is 43.0. The minimum atomic E-state index is -0.426. The molecule has 1 aliphatic heterocycles. The van der Waals surface area contributed by atoms with E-state index in [9.17, 15) is 0 Å². The smallest absolute Gasteiger partial charge is 0.159 e. The first kappa shape index (κ1) is 9.00. The number of hydrogen-bond donors (Lipinski definition) is 0. The molecule has 0 spiro atoms. The molecule has 0 bridgehead atoms. The lowest BCUT2D eigenvalue weighted by atomic mass is 10.0. The Kier molecular flexibility index (Phi) is 2.12. The van der Waals surface area contributed by atoms with Crippen molar-refractivity contribution < 1.29 is 6.85 Å². The van der Waals surface area contributed by atoms with Crippen LogP contribution in [0.4, 0.5) is 0 Å². The van der Waals surface area contributed by atoms with Gasteiger partial charge < -0.3 is 0 Å². The van der Waals surface area contributed by atoms with E-state index in [2.05, 4.69) is 31.1 Å². The van der Waals surface area contributed by atoms with Gasteiger partial charge in [0.2, 0.25) is 0 Å². The van der Waals surface area contributed by atoms with Crippen molar-refractivity contribution >= 4 is 21.6 Å². The lowest BCUT2D eigenvalue weighted by Crippen LogP contribution is -2.08. The van der Waals surface area contributed by atoms with Gasteiger partial charge in [-0.15, -0.1) is 10.2 Å². The van der Waals surface area contributed by atoms with Crippen LogP contribution in [-0.4, -0.2) is 20.5 Å². The second-order valence-corrected chi connectivity index (χ2v) is 5.74. The van der Waals surface area contributed by atoms with Gasteiger partial charge in [-0.1, -0.05) is 46.1 Å². The summed E-state index contributed by atoms with van der Waals surface area (Å²) in [5.41, 5.74) is 1.81. The maximum absolute atomic E-state index is 8.30. The van der Waals surface area contributed by atoms with E-state index in [0.717, 1.165) is 10.2 Å². The molecule has 5 heteroatoms. The SMILES string of the molecule is [2H]c1c([2H])c([2H])c(C2=NCc3nnc(C)n3-c3ccc(Br)cc32)c([2H])c1[2H]. The Bertz CT molecular complexity index is 1110. The summed E-state index contributed by atoms with van der Waals surface area (Å²) in [7, 11) is 0. The molecule has 4 nitrogen and oxygen atoms in total. The van der Waals surface area contributed by atoms with E-state index in [4.69, 9.17) is 6.85 Å². The van der Waals surface area contributed by atoms with E-state index in [1.807, 2.05) is 29.7 Å². The van der Waals surface area contributed by atoms with E-state index >= 15 is 0 Å². The molecular formula is C17H13BrN4. The molecule has 0 unspecified atom stereocenters. The third kappa shape index (κ3) is 2.09. The Morgan fingerprint density at radius 3 is 2.82 bits per heavy atom. The van der Waals surface area contributed by atoms with Gasteiger partial charge in [0, 0.05) is 15.6 Å². The van der Waals surface area contributed by atoms with Crippen LogP contribution >= 0.6 is 15.9 Å². The van der Waals surface area contributed by atoms with Crippen LogP contribution in [0.2, 0.25) is 0 Å². The van der Waals surface area contributed by atoms with Crippen LogP contribution in [0.1, 0.15) is 29.6 Å². The Hall–Kier alpha value is -2.27. The molecule has 108 valence electrons. The number of aliphatic imine (C=N–C) groups is 1. The van der Waals surface area contributed by atoms with E-state index < -0.39 is 6.04 Å². The molecule has 1 aliphatic rings. The molecule has 0 atom stereocenters. The van der Waals surface area contributed by atoms with E-state index in [1.54, 1.807) is 0 Å². The van der Waals surface area contributed by atoms with E-state index in [1.165, 1.54) is 0 Å². The number of rotatable bonds is 1. The molecule has 3 aromatic rings. The molecule has 2 aromatic carbocycles. The van der Waals surface area contributed by atoms with Crippen molar-refractivity contribution in [3.05, 3.63) is 75.7 Å². The molecule has 2 heterocycles. The third-order valence-corrected chi connectivity index (χ3v) is 3.96. The highest BCUT2D eigenvalue weighted by Crippen LogP contribution is 2.28. The number of aryl methyl sites for hydroxylation is 1. The normalized spacial score (nSPS) is 16.3. The first-order valence-corrected chi connectivity index (χ1v) is 7.43. The summed E-state index contributed by atoms with van der Waals surface area (Å²) in [4.78, 5) is 4.57. The molecule has 0 fully saturated rings. The molecule has 0 N–H and O–H groups in total. The van der Waals surface area contributed by atoms with E-state index in [-0.39, 0.29) is 36.3 Å². The molecular weight excluding hydrogens is 340 g/mol. The minimum Gasteiger partial charge on any atom is -0.281 e. The second kappa shape index (κ2) is 5.18. The zero-order chi connectivity index (χ0) is 19.5. The second-order valence-electron chi connectivity index (χ2n) is 4.83. The Labute approximate surface area is 143 Å². The van der Waals surface area contributed by atoms with Crippen molar-refractivity contribution in [2.75, 3.05) is 0 Å². The number of nitrogens with zero attached hydrogens (tertiary/aromatic N) is 4. The first-order valence-electron chi connectivity index (χ1n) is 9.14. The van der Waals surface area contributed by atoms with Crippen LogP contribution in [0.5, 0.6) is 0 Å². The van der Waals surface area contributed by atoms with Gasteiger partial charge in [0.1, 0.15) is 12.4 Å². The minimum absolute atomic E-state index is 0.0803. The number of hydrogen-bond acceptors (Lipinski definition) is 3. The standard InChI is InChI=1S/C17H13BrN4/c1-11-20-21-16-10-19-17(12-5-3-2-4-6-12)14-9-13(18)7-8-15(14)22(11)16/h2-9H,10H2,1H3/i2D,3D,4D,5D,6D.